The molecule has 0 bridgehead atoms. The van der Waals surface area contributed by atoms with Crippen molar-refractivity contribution in [3.8, 4) is 0 Å². The zero-order valence-corrected chi connectivity index (χ0v) is 11.4. The SMILES string of the molecule is COCC(=O)N1CCC(NC(=O)C2CCCO2)CC1. The first-order chi connectivity index (χ1) is 9.20. The van der Waals surface area contributed by atoms with Gasteiger partial charge in [-0.3, -0.25) is 9.59 Å². The van der Waals surface area contributed by atoms with Gasteiger partial charge in [-0.05, 0) is 25.7 Å². The summed E-state index contributed by atoms with van der Waals surface area (Å²) >= 11 is 0. The highest BCUT2D eigenvalue weighted by Crippen LogP contribution is 2.15. The summed E-state index contributed by atoms with van der Waals surface area (Å²) in [4.78, 5) is 25.3. The number of ether oxygens (including phenoxy) is 2. The molecule has 6 heteroatoms. The van der Waals surface area contributed by atoms with Crippen LogP contribution in [0.2, 0.25) is 0 Å². The van der Waals surface area contributed by atoms with Gasteiger partial charge in [-0.25, -0.2) is 0 Å². The second-order valence-electron chi connectivity index (χ2n) is 5.10. The van der Waals surface area contributed by atoms with Gasteiger partial charge < -0.3 is 19.7 Å². The predicted octanol–water partition coefficient (Wildman–Crippen LogP) is -0.0810. The maximum Gasteiger partial charge on any atom is 0.249 e. The summed E-state index contributed by atoms with van der Waals surface area (Å²) < 4.78 is 10.2. The minimum absolute atomic E-state index is 0.000770. The van der Waals surface area contributed by atoms with Gasteiger partial charge >= 0.3 is 0 Å². The van der Waals surface area contributed by atoms with Crippen molar-refractivity contribution in [2.24, 2.45) is 0 Å². The van der Waals surface area contributed by atoms with E-state index < -0.39 is 0 Å². The first-order valence-electron chi connectivity index (χ1n) is 6.89. The van der Waals surface area contributed by atoms with Gasteiger partial charge in [0.1, 0.15) is 12.7 Å². The van der Waals surface area contributed by atoms with E-state index in [0.29, 0.717) is 19.7 Å². The predicted molar refractivity (Wildman–Crippen MR) is 68.6 cm³/mol. The molecule has 0 aromatic carbocycles. The molecule has 0 aliphatic carbocycles. The molecule has 0 spiro atoms. The van der Waals surface area contributed by atoms with E-state index in [4.69, 9.17) is 9.47 Å². The first-order valence-corrected chi connectivity index (χ1v) is 6.89. The summed E-state index contributed by atoms with van der Waals surface area (Å²) in [7, 11) is 1.52. The maximum atomic E-state index is 11.9. The van der Waals surface area contributed by atoms with Gasteiger partial charge in [0.05, 0.1) is 0 Å². The topological polar surface area (TPSA) is 67.9 Å². The number of rotatable bonds is 4. The number of hydrogen-bond donors (Lipinski definition) is 1. The number of hydrogen-bond acceptors (Lipinski definition) is 4. The monoisotopic (exact) mass is 270 g/mol. The molecule has 2 aliphatic heterocycles. The molecular weight excluding hydrogens is 248 g/mol. The van der Waals surface area contributed by atoms with Crippen LogP contribution in [0.5, 0.6) is 0 Å². The van der Waals surface area contributed by atoms with Gasteiger partial charge in [0, 0.05) is 32.8 Å². The lowest BCUT2D eigenvalue weighted by Gasteiger charge is -2.32. The highest BCUT2D eigenvalue weighted by Gasteiger charge is 2.28. The lowest BCUT2D eigenvalue weighted by Crippen LogP contribution is -2.49. The van der Waals surface area contributed by atoms with Crippen LogP contribution in [-0.2, 0) is 19.1 Å². The summed E-state index contributed by atoms with van der Waals surface area (Å²) in [6, 6.07) is 0.156. The average molecular weight is 270 g/mol. The first kappa shape index (κ1) is 14.3. The zero-order valence-electron chi connectivity index (χ0n) is 11.4. The largest absolute Gasteiger partial charge is 0.375 e. The van der Waals surface area contributed by atoms with Crippen LogP contribution in [0.3, 0.4) is 0 Å². The molecule has 6 nitrogen and oxygen atoms in total. The summed E-state index contributed by atoms with van der Waals surface area (Å²) in [6.45, 7) is 2.17. The van der Waals surface area contributed by atoms with E-state index in [0.717, 1.165) is 25.7 Å². The Bertz CT molecular complexity index is 321. The molecule has 1 N–H and O–H groups in total. The number of carbonyl (C=O) groups is 2. The van der Waals surface area contributed by atoms with Crippen molar-refractivity contribution in [2.75, 3.05) is 33.4 Å². The second-order valence-corrected chi connectivity index (χ2v) is 5.10. The minimum Gasteiger partial charge on any atom is -0.375 e. The number of likely N-dealkylation sites (tertiary alicyclic amines) is 1. The molecule has 2 aliphatic rings. The molecule has 2 fully saturated rings. The number of piperidine rings is 1. The van der Waals surface area contributed by atoms with Crippen LogP contribution >= 0.6 is 0 Å². The van der Waals surface area contributed by atoms with E-state index in [2.05, 4.69) is 5.32 Å². The number of nitrogens with one attached hydrogen (secondary N) is 1. The van der Waals surface area contributed by atoms with Crippen molar-refractivity contribution in [1.82, 2.24) is 10.2 Å². The Morgan fingerprint density at radius 3 is 2.63 bits per heavy atom. The Morgan fingerprint density at radius 2 is 2.05 bits per heavy atom. The summed E-state index contributed by atoms with van der Waals surface area (Å²) in [5.41, 5.74) is 0. The molecule has 2 amide bonds. The van der Waals surface area contributed by atoms with E-state index in [9.17, 15) is 9.59 Å². The molecule has 2 saturated heterocycles. The highest BCUT2D eigenvalue weighted by atomic mass is 16.5. The van der Waals surface area contributed by atoms with Crippen LogP contribution in [0.25, 0.3) is 0 Å². The molecule has 0 aromatic heterocycles. The van der Waals surface area contributed by atoms with Crippen molar-refractivity contribution >= 4 is 11.8 Å². The third-order valence-electron chi connectivity index (χ3n) is 3.68. The van der Waals surface area contributed by atoms with Crippen molar-refractivity contribution in [1.29, 1.82) is 0 Å². The van der Waals surface area contributed by atoms with E-state index in [-0.39, 0.29) is 30.6 Å². The number of amides is 2. The Kier molecular flexibility index (Phi) is 5.15. The van der Waals surface area contributed by atoms with Gasteiger partial charge in [0.25, 0.3) is 0 Å². The molecule has 0 saturated carbocycles. The van der Waals surface area contributed by atoms with Gasteiger partial charge in [0.15, 0.2) is 0 Å². The van der Waals surface area contributed by atoms with E-state index >= 15 is 0 Å². The van der Waals surface area contributed by atoms with E-state index in [1.807, 2.05) is 0 Å². The van der Waals surface area contributed by atoms with Gasteiger partial charge in [-0.1, -0.05) is 0 Å². The minimum atomic E-state index is -0.270. The Morgan fingerprint density at radius 1 is 1.32 bits per heavy atom. The van der Waals surface area contributed by atoms with Gasteiger partial charge in [-0.2, -0.15) is 0 Å². The number of nitrogens with zero attached hydrogens (tertiary/aromatic N) is 1. The Hall–Kier alpha value is -1.14. The van der Waals surface area contributed by atoms with Gasteiger partial charge in [-0.15, -0.1) is 0 Å². The smallest absolute Gasteiger partial charge is 0.249 e. The summed E-state index contributed by atoms with van der Waals surface area (Å²) in [5.74, 6) is 0.0190. The van der Waals surface area contributed by atoms with E-state index in [1.54, 1.807) is 4.90 Å². The van der Waals surface area contributed by atoms with E-state index in [1.165, 1.54) is 7.11 Å². The molecule has 0 radical (unpaired) electrons. The fourth-order valence-electron chi connectivity index (χ4n) is 2.57. The molecule has 0 aromatic rings. The number of carbonyl (C=O) groups excluding carboxylic acids is 2. The number of methoxy groups -OCH3 is 1. The maximum absolute atomic E-state index is 11.9. The fraction of sp³-hybridized carbons (Fsp3) is 0.846. The second kappa shape index (κ2) is 6.86. The van der Waals surface area contributed by atoms with Crippen LogP contribution in [0.4, 0.5) is 0 Å². The van der Waals surface area contributed by atoms with Crippen molar-refractivity contribution in [3.63, 3.8) is 0 Å². The fourth-order valence-corrected chi connectivity index (χ4v) is 2.57. The lowest BCUT2D eigenvalue weighted by molar-refractivity contribution is -0.136. The van der Waals surface area contributed by atoms with Gasteiger partial charge in [0.2, 0.25) is 11.8 Å². The normalized spacial score (nSPS) is 24.5. The molecule has 19 heavy (non-hydrogen) atoms. The molecule has 1 unspecified atom stereocenters. The van der Waals surface area contributed by atoms with Crippen LogP contribution in [-0.4, -0.2) is 62.3 Å². The quantitative estimate of drug-likeness (QED) is 0.776. The van der Waals surface area contributed by atoms with Crippen molar-refractivity contribution in [2.45, 2.75) is 37.8 Å². The van der Waals surface area contributed by atoms with Crippen molar-refractivity contribution in [3.05, 3.63) is 0 Å². The molecule has 1 atom stereocenters. The average Bonchev–Trinajstić information content (AvgIpc) is 2.94. The molecule has 2 rings (SSSR count). The summed E-state index contributed by atoms with van der Waals surface area (Å²) in [5, 5.41) is 3.02. The lowest BCUT2D eigenvalue weighted by atomic mass is 10.0. The van der Waals surface area contributed by atoms with Crippen LogP contribution < -0.4 is 5.32 Å². The van der Waals surface area contributed by atoms with Crippen LogP contribution in [0, 0.1) is 0 Å². The Labute approximate surface area is 113 Å². The molecule has 108 valence electrons. The zero-order chi connectivity index (χ0) is 13.7. The van der Waals surface area contributed by atoms with Crippen LogP contribution in [0.1, 0.15) is 25.7 Å². The highest BCUT2D eigenvalue weighted by molar-refractivity contribution is 5.81. The van der Waals surface area contributed by atoms with Crippen molar-refractivity contribution < 1.29 is 19.1 Å². The third-order valence-corrected chi connectivity index (χ3v) is 3.68. The Balaban J connectivity index is 1.71. The molecular formula is C13H22N2O4. The third kappa shape index (κ3) is 3.91. The summed E-state index contributed by atoms with van der Waals surface area (Å²) in [6.07, 6.45) is 3.11. The standard InChI is InChI=1S/C13H22N2O4/c1-18-9-12(16)15-6-4-10(5-7-15)14-13(17)11-3-2-8-19-11/h10-11H,2-9H2,1H3,(H,14,17). The van der Waals surface area contributed by atoms with Crippen LogP contribution in [0.15, 0.2) is 0 Å². The molecule has 2 heterocycles.